The van der Waals surface area contributed by atoms with Crippen LogP contribution >= 0.6 is 0 Å². The van der Waals surface area contributed by atoms with Crippen molar-refractivity contribution in [2.75, 3.05) is 27.2 Å². The number of nitrogens with zero attached hydrogens (tertiary/aromatic N) is 2. The van der Waals surface area contributed by atoms with Gasteiger partial charge in [0.25, 0.3) is 0 Å². The minimum atomic E-state index is 0.111. The molecular weight excluding hydrogens is 324 g/mol. The molecule has 0 spiro atoms. The Morgan fingerprint density at radius 3 is 2.54 bits per heavy atom. The lowest BCUT2D eigenvalue weighted by Gasteiger charge is -2.33. The monoisotopic (exact) mass is 356 g/mol. The number of ether oxygens (including phenoxy) is 1. The van der Waals surface area contributed by atoms with E-state index in [1.807, 2.05) is 13.1 Å². The second-order valence-corrected chi connectivity index (χ2v) is 8.28. The summed E-state index contributed by atoms with van der Waals surface area (Å²) >= 11 is 0. The Labute approximate surface area is 157 Å². The molecule has 1 heterocycles. The smallest absolute Gasteiger partial charge is 0.191 e. The number of methoxy groups -OCH3 is 1. The van der Waals surface area contributed by atoms with Gasteiger partial charge in [-0.05, 0) is 38.2 Å². The third-order valence-electron chi connectivity index (χ3n) is 6.43. The Morgan fingerprint density at radius 1 is 1.15 bits per heavy atom. The molecule has 0 amide bonds. The van der Waals surface area contributed by atoms with Gasteiger partial charge in [-0.25, -0.2) is 0 Å². The molecule has 1 aromatic carbocycles. The highest BCUT2D eigenvalue weighted by molar-refractivity contribution is 5.81. The first kappa shape index (κ1) is 17.7. The van der Waals surface area contributed by atoms with Gasteiger partial charge in [0.15, 0.2) is 5.96 Å². The fourth-order valence-electron chi connectivity index (χ4n) is 4.37. The van der Waals surface area contributed by atoms with Crippen LogP contribution in [0.1, 0.15) is 44.6 Å². The summed E-state index contributed by atoms with van der Waals surface area (Å²) in [5.41, 5.74) is 1.40. The average molecular weight is 357 g/mol. The van der Waals surface area contributed by atoms with Gasteiger partial charge in [0.1, 0.15) is 5.75 Å². The molecule has 3 fully saturated rings. The molecule has 0 aromatic heterocycles. The second-order valence-electron chi connectivity index (χ2n) is 8.28. The Kier molecular flexibility index (Phi) is 4.82. The van der Waals surface area contributed by atoms with E-state index in [0.717, 1.165) is 24.2 Å². The van der Waals surface area contributed by atoms with E-state index in [2.05, 4.69) is 45.6 Å². The molecule has 0 bridgehead atoms. The molecule has 2 unspecified atom stereocenters. The van der Waals surface area contributed by atoms with Gasteiger partial charge in [-0.2, -0.15) is 0 Å². The fourth-order valence-corrected chi connectivity index (χ4v) is 4.37. The third-order valence-corrected chi connectivity index (χ3v) is 6.43. The molecule has 1 aromatic rings. The lowest BCUT2D eigenvalue weighted by Crippen LogP contribution is -2.50. The van der Waals surface area contributed by atoms with E-state index in [-0.39, 0.29) is 5.41 Å². The van der Waals surface area contributed by atoms with Crippen LogP contribution in [0.3, 0.4) is 0 Å². The van der Waals surface area contributed by atoms with Crippen molar-refractivity contribution < 1.29 is 4.74 Å². The van der Waals surface area contributed by atoms with E-state index in [4.69, 9.17) is 4.74 Å². The van der Waals surface area contributed by atoms with Crippen molar-refractivity contribution in [3.8, 4) is 5.75 Å². The summed E-state index contributed by atoms with van der Waals surface area (Å²) in [5, 5.41) is 7.30. The Hall–Kier alpha value is -1.75. The summed E-state index contributed by atoms with van der Waals surface area (Å²) in [5.74, 6) is 1.92. The average Bonchev–Trinajstić information content (AvgIpc) is 3.60. The lowest BCUT2D eigenvalue weighted by atomic mass is 9.96. The zero-order valence-electron chi connectivity index (χ0n) is 16.3. The number of para-hydroxylation sites is 1. The van der Waals surface area contributed by atoms with Crippen molar-refractivity contribution in [3.05, 3.63) is 29.8 Å². The minimum absolute atomic E-state index is 0.111. The van der Waals surface area contributed by atoms with Gasteiger partial charge in [-0.1, -0.05) is 25.1 Å². The summed E-state index contributed by atoms with van der Waals surface area (Å²) in [6, 6.07) is 10.2. The standard InChI is InChI=1S/C21H32N4O/c1-21(17-6-4-5-7-18(17)26-3)14-19(21)24-20(22-2)23-15-10-12-25(13-11-15)16-8-9-16/h4-7,15-16,19H,8-14H2,1-3H3,(H2,22,23,24). The van der Waals surface area contributed by atoms with Gasteiger partial charge in [0.05, 0.1) is 7.11 Å². The van der Waals surface area contributed by atoms with E-state index in [1.165, 1.54) is 44.3 Å². The van der Waals surface area contributed by atoms with Gasteiger partial charge < -0.3 is 20.3 Å². The van der Waals surface area contributed by atoms with E-state index in [9.17, 15) is 0 Å². The zero-order valence-corrected chi connectivity index (χ0v) is 16.3. The van der Waals surface area contributed by atoms with Gasteiger partial charge in [0.2, 0.25) is 0 Å². The fraction of sp³-hybridized carbons (Fsp3) is 0.667. The normalized spacial score (nSPS) is 30.1. The molecule has 0 radical (unpaired) electrons. The predicted octanol–water partition coefficient (Wildman–Crippen LogP) is 2.52. The molecular formula is C21H32N4O. The number of benzene rings is 1. The van der Waals surface area contributed by atoms with Crippen LogP contribution in [0.4, 0.5) is 0 Å². The molecule has 2 aliphatic carbocycles. The van der Waals surface area contributed by atoms with Crippen LogP contribution in [0, 0.1) is 0 Å². The molecule has 5 nitrogen and oxygen atoms in total. The first-order valence-electron chi connectivity index (χ1n) is 10.0. The maximum atomic E-state index is 5.57. The summed E-state index contributed by atoms with van der Waals surface area (Å²) in [6.45, 7) is 4.76. The number of aliphatic imine (C=N–C) groups is 1. The highest BCUT2D eigenvalue weighted by Crippen LogP contribution is 2.50. The number of hydrogen-bond donors (Lipinski definition) is 2. The molecule has 5 heteroatoms. The molecule has 142 valence electrons. The van der Waals surface area contributed by atoms with Crippen molar-refractivity contribution in [3.63, 3.8) is 0 Å². The van der Waals surface area contributed by atoms with Crippen molar-refractivity contribution in [2.24, 2.45) is 4.99 Å². The maximum absolute atomic E-state index is 5.57. The van der Waals surface area contributed by atoms with Gasteiger partial charge >= 0.3 is 0 Å². The molecule has 1 aliphatic heterocycles. The number of rotatable bonds is 5. The summed E-state index contributed by atoms with van der Waals surface area (Å²) in [4.78, 5) is 7.14. The Morgan fingerprint density at radius 2 is 1.88 bits per heavy atom. The molecule has 2 N–H and O–H groups in total. The van der Waals surface area contributed by atoms with Crippen molar-refractivity contribution in [1.29, 1.82) is 0 Å². The SMILES string of the molecule is CN=C(NC1CCN(C2CC2)CC1)NC1CC1(C)c1ccccc1OC. The van der Waals surface area contributed by atoms with Gasteiger partial charge in [0, 0.05) is 49.2 Å². The molecule has 26 heavy (non-hydrogen) atoms. The molecule has 1 saturated heterocycles. The Bertz CT molecular complexity index is 664. The topological polar surface area (TPSA) is 48.9 Å². The van der Waals surface area contributed by atoms with E-state index in [1.54, 1.807) is 7.11 Å². The quantitative estimate of drug-likeness (QED) is 0.629. The molecule has 2 saturated carbocycles. The molecule has 3 aliphatic rings. The first-order chi connectivity index (χ1) is 12.6. The van der Waals surface area contributed by atoms with E-state index < -0.39 is 0 Å². The minimum Gasteiger partial charge on any atom is -0.496 e. The Balaban J connectivity index is 1.32. The maximum Gasteiger partial charge on any atom is 0.191 e. The largest absolute Gasteiger partial charge is 0.496 e. The molecule has 2 atom stereocenters. The van der Waals surface area contributed by atoms with Crippen LogP contribution in [0.15, 0.2) is 29.3 Å². The van der Waals surface area contributed by atoms with Crippen LogP contribution in [-0.4, -0.2) is 56.2 Å². The highest BCUT2D eigenvalue weighted by atomic mass is 16.5. The van der Waals surface area contributed by atoms with Crippen molar-refractivity contribution in [2.45, 2.75) is 62.6 Å². The first-order valence-corrected chi connectivity index (χ1v) is 10.0. The van der Waals surface area contributed by atoms with Crippen molar-refractivity contribution in [1.82, 2.24) is 15.5 Å². The van der Waals surface area contributed by atoms with Crippen molar-refractivity contribution >= 4 is 5.96 Å². The van der Waals surface area contributed by atoms with E-state index in [0.29, 0.717) is 12.1 Å². The summed E-state index contributed by atoms with van der Waals surface area (Å²) in [7, 11) is 3.62. The number of piperidine rings is 1. The summed E-state index contributed by atoms with van der Waals surface area (Å²) in [6.07, 6.45) is 6.35. The summed E-state index contributed by atoms with van der Waals surface area (Å²) < 4.78 is 5.57. The van der Waals surface area contributed by atoms with Crippen LogP contribution in [0.2, 0.25) is 0 Å². The number of hydrogen-bond acceptors (Lipinski definition) is 3. The lowest BCUT2D eigenvalue weighted by molar-refractivity contribution is 0.197. The third kappa shape index (κ3) is 3.54. The number of nitrogens with one attached hydrogen (secondary N) is 2. The number of likely N-dealkylation sites (tertiary alicyclic amines) is 1. The second kappa shape index (κ2) is 7.10. The van der Waals surface area contributed by atoms with E-state index >= 15 is 0 Å². The van der Waals surface area contributed by atoms with Crippen LogP contribution in [-0.2, 0) is 5.41 Å². The van der Waals surface area contributed by atoms with Gasteiger partial charge in [-0.3, -0.25) is 4.99 Å². The van der Waals surface area contributed by atoms with Crippen LogP contribution in [0.25, 0.3) is 0 Å². The van der Waals surface area contributed by atoms with Crippen LogP contribution < -0.4 is 15.4 Å². The van der Waals surface area contributed by atoms with Crippen LogP contribution in [0.5, 0.6) is 5.75 Å². The zero-order chi connectivity index (χ0) is 18.1. The highest BCUT2D eigenvalue weighted by Gasteiger charge is 2.53. The predicted molar refractivity (Wildman–Crippen MR) is 106 cm³/mol. The van der Waals surface area contributed by atoms with Gasteiger partial charge in [-0.15, -0.1) is 0 Å². The molecule has 4 rings (SSSR count). The number of guanidine groups is 1.